The quantitative estimate of drug-likeness (QED) is 0.122. The highest BCUT2D eigenvalue weighted by atomic mass is 32.1. The average molecular weight is 846 g/mol. The molecule has 9 aromatic rings. The first kappa shape index (κ1) is 39.5. The van der Waals surface area contributed by atoms with Crippen molar-refractivity contribution in [3.63, 3.8) is 0 Å². The Hall–Kier alpha value is -7.34. The Bertz CT molecular complexity index is 3430. The normalized spacial score (nSPS) is 14.3. The highest BCUT2D eigenvalue weighted by Crippen LogP contribution is 2.45. The van der Waals surface area contributed by atoms with Crippen LogP contribution in [-0.2, 0) is 6.42 Å². The Balaban J connectivity index is 1.05. The SMILES string of the molecule is Cc1ccccc1-c1ccc(-c2cc(-c3ccc4c(c3)sc3ccccc34)cc3c4c(oc23)CCC=C4C(N)=NC(=NCC2=CCCC=C2)c2ccc(-c3ccccc3)cc2)cc1C. The number of aliphatic imine (C=N–C) groups is 2. The average Bonchev–Trinajstić information content (AvgIpc) is 3.92. The van der Waals surface area contributed by atoms with Crippen LogP contribution in [0.5, 0.6) is 0 Å². The Morgan fingerprint density at radius 1 is 0.594 bits per heavy atom. The van der Waals surface area contributed by atoms with Crippen LogP contribution in [0.4, 0.5) is 0 Å². The molecule has 0 bridgehead atoms. The first-order chi connectivity index (χ1) is 31.4. The molecule has 0 atom stereocenters. The van der Waals surface area contributed by atoms with Crippen LogP contribution in [0.3, 0.4) is 0 Å². The van der Waals surface area contributed by atoms with E-state index in [1.54, 1.807) is 0 Å². The van der Waals surface area contributed by atoms with E-state index in [-0.39, 0.29) is 0 Å². The summed E-state index contributed by atoms with van der Waals surface area (Å²) in [5.74, 6) is 1.97. The molecule has 0 radical (unpaired) electrons. The van der Waals surface area contributed by atoms with Gasteiger partial charge in [-0.3, -0.25) is 4.99 Å². The number of amidine groups is 2. The number of thiophene rings is 1. The van der Waals surface area contributed by atoms with E-state index in [0.717, 1.165) is 86.9 Å². The molecule has 2 N–H and O–H groups in total. The second-order valence-electron chi connectivity index (χ2n) is 16.9. The van der Waals surface area contributed by atoms with Crippen molar-refractivity contribution in [3.05, 3.63) is 210 Å². The molecule has 2 aromatic heterocycles. The molecule has 0 fully saturated rings. The molecule has 310 valence electrons. The van der Waals surface area contributed by atoms with Crippen molar-refractivity contribution in [1.29, 1.82) is 0 Å². The molecule has 5 heteroatoms. The van der Waals surface area contributed by atoms with E-state index < -0.39 is 0 Å². The lowest BCUT2D eigenvalue weighted by molar-refractivity contribution is 0.546. The number of benzene rings is 7. The summed E-state index contributed by atoms with van der Waals surface area (Å²) < 4.78 is 9.58. The number of rotatable bonds is 8. The molecule has 4 nitrogen and oxygen atoms in total. The van der Waals surface area contributed by atoms with Crippen molar-refractivity contribution >= 4 is 59.7 Å². The molecule has 11 rings (SSSR count). The molecule has 0 amide bonds. The number of nitrogens with zero attached hydrogens (tertiary/aromatic N) is 2. The standard InChI is InChI=1S/C59H47N3OS/c1-37-14-9-10-19-46(37)47-30-29-44(32-38(47)2)51-33-45(43-28-31-49-48-20-11-12-23-54(48)64-55(49)35-43)34-52-56-50(21-13-22-53(56)63-57(51)52)58(60)62-59(61-36-39-15-5-3-6-16-39)42-26-24-41(25-27-42)40-17-7-4-8-18-40/h4-5,7-12,14-21,23-35H,3,6,13,22,36H2,1-2H3,(H2,60,61,62). The summed E-state index contributed by atoms with van der Waals surface area (Å²) in [6, 6.07) is 54.5. The van der Waals surface area contributed by atoms with Gasteiger partial charge >= 0.3 is 0 Å². The van der Waals surface area contributed by atoms with Crippen LogP contribution in [0, 0.1) is 13.8 Å². The Morgan fingerprint density at radius 3 is 2.17 bits per heavy atom. The lowest BCUT2D eigenvalue weighted by Crippen LogP contribution is -2.19. The number of nitrogens with two attached hydrogens (primary N) is 1. The summed E-state index contributed by atoms with van der Waals surface area (Å²) in [5.41, 5.74) is 23.8. The minimum Gasteiger partial charge on any atom is -0.460 e. The predicted octanol–water partition coefficient (Wildman–Crippen LogP) is 15.5. The van der Waals surface area contributed by atoms with E-state index in [9.17, 15) is 0 Å². The zero-order valence-corrected chi connectivity index (χ0v) is 36.9. The fraction of sp³-hybridized carbons (Fsp3) is 0.119. The highest BCUT2D eigenvalue weighted by molar-refractivity contribution is 7.25. The van der Waals surface area contributed by atoms with E-state index >= 15 is 0 Å². The first-order valence-electron chi connectivity index (χ1n) is 22.2. The van der Waals surface area contributed by atoms with Crippen LogP contribution in [0.2, 0.25) is 0 Å². The third-order valence-corrected chi connectivity index (χ3v) is 13.9. The highest BCUT2D eigenvalue weighted by Gasteiger charge is 2.26. The van der Waals surface area contributed by atoms with Crippen molar-refractivity contribution in [3.8, 4) is 44.5 Å². The van der Waals surface area contributed by atoms with Crippen LogP contribution >= 0.6 is 11.3 Å². The van der Waals surface area contributed by atoms with E-state index in [2.05, 4.69) is 184 Å². The van der Waals surface area contributed by atoms with Gasteiger partial charge in [-0.2, -0.15) is 0 Å². The van der Waals surface area contributed by atoms with Crippen molar-refractivity contribution in [2.75, 3.05) is 6.54 Å². The molecule has 2 heterocycles. The predicted molar refractivity (Wildman–Crippen MR) is 273 cm³/mol. The third-order valence-electron chi connectivity index (χ3n) is 12.8. The molecule has 0 aliphatic heterocycles. The van der Waals surface area contributed by atoms with Crippen molar-refractivity contribution in [1.82, 2.24) is 0 Å². The van der Waals surface area contributed by atoms with Gasteiger partial charge < -0.3 is 10.2 Å². The Morgan fingerprint density at radius 2 is 1.34 bits per heavy atom. The number of hydrogen-bond donors (Lipinski definition) is 1. The second-order valence-corrected chi connectivity index (χ2v) is 18.0. The van der Waals surface area contributed by atoms with Gasteiger partial charge in [0.05, 0.1) is 6.54 Å². The molecule has 0 unspecified atom stereocenters. The number of fused-ring (bicyclic) bond motifs is 6. The molecule has 0 saturated carbocycles. The van der Waals surface area contributed by atoms with Crippen LogP contribution in [0.25, 0.3) is 81.2 Å². The summed E-state index contributed by atoms with van der Waals surface area (Å²) in [5, 5.41) is 3.61. The van der Waals surface area contributed by atoms with Gasteiger partial charge in [-0.25, -0.2) is 4.99 Å². The Kier molecular flexibility index (Phi) is 10.3. The van der Waals surface area contributed by atoms with E-state index in [0.29, 0.717) is 18.2 Å². The van der Waals surface area contributed by atoms with Gasteiger partial charge in [0.15, 0.2) is 5.84 Å². The van der Waals surface area contributed by atoms with E-state index in [1.165, 1.54) is 53.6 Å². The van der Waals surface area contributed by atoms with E-state index in [4.69, 9.17) is 20.1 Å². The fourth-order valence-corrected chi connectivity index (χ4v) is 10.6. The van der Waals surface area contributed by atoms with Gasteiger partial charge in [0.25, 0.3) is 0 Å². The molecule has 64 heavy (non-hydrogen) atoms. The second kappa shape index (κ2) is 16.7. The van der Waals surface area contributed by atoms with Crippen LogP contribution < -0.4 is 5.73 Å². The minimum absolute atomic E-state index is 0.430. The first-order valence-corrected chi connectivity index (χ1v) is 23.1. The number of allylic oxidation sites excluding steroid dienone is 3. The summed E-state index contributed by atoms with van der Waals surface area (Å²) in [4.78, 5) is 10.3. The zero-order chi connectivity index (χ0) is 43.1. The van der Waals surface area contributed by atoms with Crippen LogP contribution in [0.1, 0.15) is 47.3 Å². The molecular weight excluding hydrogens is 799 g/mol. The molecular formula is C59H47N3OS. The van der Waals surface area contributed by atoms with Crippen molar-refractivity contribution in [2.45, 2.75) is 39.5 Å². The van der Waals surface area contributed by atoms with Gasteiger partial charge in [-0.05, 0) is 113 Å². The van der Waals surface area contributed by atoms with Gasteiger partial charge in [0.2, 0.25) is 0 Å². The fourth-order valence-electron chi connectivity index (χ4n) is 9.46. The number of furan rings is 1. The topological polar surface area (TPSA) is 63.9 Å². The zero-order valence-electron chi connectivity index (χ0n) is 36.1. The lowest BCUT2D eigenvalue weighted by atomic mass is 9.89. The Labute approximate surface area is 378 Å². The molecule has 0 saturated heterocycles. The maximum atomic E-state index is 7.21. The van der Waals surface area contributed by atoms with Crippen LogP contribution in [-0.4, -0.2) is 18.2 Å². The number of hydrogen-bond acceptors (Lipinski definition) is 3. The minimum atomic E-state index is 0.430. The van der Waals surface area contributed by atoms with Crippen molar-refractivity contribution in [2.24, 2.45) is 15.7 Å². The van der Waals surface area contributed by atoms with Gasteiger partial charge in [0.1, 0.15) is 17.2 Å². The lowest BCUT2D eigenvalue weighted by Gasteiger charge is -2.15. The molecule has 2 aliphatic carbocycles. The maximum Gasteiger partial charge on any atom is 0.157 e. The van der Waals surface area contributed by atoms with Gasteiger partial charge in [-0.15, -0.1) is 11.3 Å². The van der Waals surface area contributed by atoms with Crippen LogP contribution in [0.15, 0.2) is 196 Å². The molecule has 0 spiro atoms. The molecule has 2 aliphatic rings. The monoisotopic (exact) mass is 845 g/mol. The summed E-state index contributed by atoms with van der Waals surface area (Å²) >= 11 is 1.84. The molecule has 7 aromatic carbocycles. The van der Waals surface area contributed by atoms with E-state index in [1.807, 2.05) is 17.4 Å². The van der Waals surface area contributed by atoms with Gasteiger partial charge in [-0.1, -0.05) is 152 Å². The third kappa shape index (κ3) is 7.42. The summed E-state index contributed by atoms with van der Waals surface area (Å²) in [6.07, 6.45) is 12.5. The van der Waals surface area contributed by atoms with Crippen molar-refractivity contribution < 1.29 is 4.42 Å². The maximum absolute atomic E-state index is 7.21. The smallest absolute Gasteiger partial charge is 0.157 e. The summed E-state index contributed by atoms with van der Waals surface area (Å²) in [6.45, 7) is 4.92. The number of aryl methyl sites for hydroxylation is 3. The van der Waals surface area contributed by atoms with Gasteiger partial charge in [0, 0.05) is 54.2 Å². The largest absolute Gasteiger partial charge is 0.460 e. The summed E-state index contributed by atoms with van der Waals surface area (Å²) in [7, 11) is 0.